The number of nitrogens with one attached hydrogen (secondary N) is 1. The van der Waals surface area contributed by atoms with E-state index in [1.807, 2.05) is 48.5 Å². The zero-order chi connectivity index (χ0) is 22.0. The van der Waals surface area contributed by atoms with Crippen molar-refractivity contribution in [3.63, 3.8) is 0 Å². The molecule has 0 saturated heterocycles. The van der Waals surface area contributed by atoms with E-state index in [0.717, 1.165) is 34.4 Å². The van der Waals surface area contributed by atoms with Crippen molar-refractivity contribution >= 4 is 6.09 Å². The molecular weight excluding hydrogens is 401 g/mol. The Morgan fingerprint density at radius 2 is 1.61 bits per heavy atom. The summed E-state index contributed by atoms with van der Waals surface area (Å²) in [5, 5.41) is 32.1. The summed E-state index contributed by atoms with van der Waals surface area (Å²) in [6.45, 7) is -0.152. The van der Waals surface area contributed by atoms with Crippen molar-refractivity contribution in [2.75, 3.05) is 13.2 Å². The monoisotopic (exact) mass is 423 g/mol. The Morgan fingerprint density at radius 3 is 2.23 bits per heavy atom. The zero-order valence-electron chi connectivity index (χ0n) is 16.5. The van der Waals surface area contributed by atoms with Gasteiger partial charge >= 0.3 is 6.09 Å². The molecule has 0 aromatic heterocycles. The third kappa shape index (κ3) is 4.23. The van der Waals surface area contributed by atoms with Gasteiger partial charge in [-0.1, -0.05) is 54.6 Å². The van der Waals surface area contributed by atoms with E-state index in [4.69, 9.17) is 4.74 Å². The Balaban J connectivity index is 1.34. The predicted octanol–water partition coefficient (Wildman–Crippen LogP) is 3.46. The van der Waals surface area contributed by atoms with Gasteiger partial charge in [-0.2, -0.15) is 0 Å². The highest BCUT2D eigenvalue weighted by atomic mass is 19.1. The maximum Gasteiger partial charge on any atom is 0.407 e. The molecule has 0 fully saturated rings. The number of benzene rings is 3. The number of fused-ring (bicyclic) bond motifs is 3. The van der Waals surface area contributed by atoms with Crippen LogP contribution in [0.1, 0.15) is 28.7 Å². The Morgan fingerprint density at radius 1 is 1.00 bits per heavy atom. The molecule has 3 aromatic carbocycles. The van der Waals surface area contributed by atoms with Crippen LogP contribution in [-0.2, 0) is 4.74 Å². The third-order valence-corrected chi connectivity index (χ3v) is 5.48. The van der Waals surface area contributed by atoms with Gasteiger partial charge in [-0.3, -0.25) is 0 Å². The summed E-state index contributed by atoms with van der Waals surface area (Å²) in [6.07, 6.45) is -3.51. The van der Waals surface area contributed by atoms with E-state index >= 15 is 0 Å². The van der Waals surface area contributed by atoms with Gasteiger partial charge in [0.05, 0.1) is 0 Å². The maximum absolute atomic E-state index is 13.1. The van der Waals surface area contributed by atoms with Gasteiger partial charge in [0.15, 0.2) is 11.6 Å². The molecule has 6 nitrogen and oxygen atoms in total. The maximum atomic E-state index is 13.1. The number of hydrogen-bond acceptors (Lipinski definition) is 5. The number of ether oxygens (including phenoxy) is 1. The van der Waals surface area contributed by atoms with Gasteiger partial charge in [-0.25, -0.2) is 9.18 Å². The lowest BCUT2D eigenvalue weighted by Crippen LogP contribution is -2.36. The number of aliphatic hydroxyl groups is 2. The van der Waals surface area contributed by atoms with E-state index < -0.39 is 29.9 Å². The van der Waals surface area contributed by atoms with Crippen LogP contribution in [0.3, 0.4) is 0 Å². The summed E-state index contributed by atoms with van der Waals surface area (Å²) >= 11 is 0. The molecule has 160 valence electrons. The molecule has 0 aliphatic heterocycles. The van der Waals surface area contributed by atoms with Crippen LogP contribution in [0, 0.1) is 5.82 Å². The molecule has 2 atom stereocenters. The first-order valence-electron chi connectivity index (χ1n) is 9.89. The zero-order valence-corrected chi connectivity index (χ0v) is 16.5. The molecule has 1 amide bonds. The van der Waals surface area contributed by atoms with E-state index in [0.29, 0.717) is 0 Å². The number of aliphatic hydroxyl groups excluding tert-OH is 2. The molecule has 0 radical (unpaired) electrons. The van der Waals surface area contributed by atoms with Crippen LogP contribution in [0.15, 0.2) is 66.7 Å². The molecular formula is C24H22FNO5. The average Bonchev–Trinajstić information content (AvgIpc) is 3.11. The summed E-state index contributed by atoms with van der Waals surface area (Å²) < 4.78 is 18.5. The van der Waals surface area contributed by atoms with Crippen molar-refractivity contribution in [2.24, 2.45) is 0 Å². The fraction of sp³-hybridized carbons (Fsp3) is 0.208. The summed E-state index contributed by atoms with van der Waals surface area (Å²) in [4.78, 5) is 12.2. The molecule has 4 rings (SSSR count). The van der Waals surface area contributed by atoms with Crippen molar-refractivity contribution < 1.29 is 29.2 Å². The second-order valence-corrected chi connectivity index (χ2v) is 7.43. The molecule has 31 heavy (non-hydrogen) atoms. The second-order valence-electron chi connectivity index (χ2n) is 7.43. The highest BCUT2D eigenvalue weighted by Gasteiger charge is 2.29. The minimum Gasteiger partial charge on any atom is -0.505 e. The minimum atomic E-state index is -1.42. The molecule has 0 saturated carbocycles. The van der Waals surface area contributed by atoms with Gasteiger partial charge in [-0.05, 0) is 39.9 Å². The number of rotatable bonds is 6. The fourth-order valence-corrected chi connectivity index (χ4v) is 3.88. The Labute approximate surface area is 178 Å². The smallest absolute Gasteiger partial charge is 0.407 e. The predicted molar refractivity (Wildman–Crippen MR) is 112 cm³/mol. The largest absolute Gasteiger partial charge is 0.505 e. The lowest BCUT2D eigenvalue weighted by Gasteiger charge is -2.19. The summed E-state index contributed by atoms with van der Waals surface area (Å²) in [7, 11) is 0. The van der Waals surface area contributed by atoms with Gasteiger partial charge in [0, 0.05) is 12.5 Å². The lowest BCUT2D eigenvalue weighted by molar-refractivity contribution is 0.0184. The van der Waals surface area contributed by atoms with Gasteiger partial charge in [0.1, 0.15) is 18.8 Å². The SMILES string of the molecule is O=C(NCC(O)C(O)c1ccc(F)c(O)c1)OCC1c2ccccc2-c2ccccc21. The number of carbonyl (C=O) groups is 1. The normalized spacial score (nSPS) is 14.4. The van der Waals surface area contributed by atoms with E-state index in [-0.39, 0.29) is 24.6 Å². The van der Waals surface area contributed by atoms with Gasteiger partial charge in [0.25, 0.3) is 0 Å². The third-order valence-electron chi connectivity index (χ3n) is 5.48. The van der Waals surface area contributed by atoms with Crippen molar-refractivity contribution in [3.05, 3.63) is 89.2 Å². The number of phenolic OH excluding ortho intramolecular Hbond substituents is 1. The van der Waals surface area contributed by atoms with Crippen molar-refractivity contribution in [1.29, 1.82) is 0 Å². The fourth-order valence-electron chi connectivity index (χ4n) is 3.88. The average molecular weight is 423 g/mol. The lowest BCUT2D eigenvalue weighted by atomic mass is 9.98. The number of hydrogen-bond donors (Lipinski definition) is 4. The van der Waals surface area contributed by atoms with Crippen LogP contribution in [0.4, 0.5) is 9.18 Å². The first-order chi connectivity index (χ1) is 15.0. The van der Waals surface area contributed by atoms with Crippen LogP contribution in [0.25, 0.3) is 11.1 Å². The second kappa shape index (κ2) is 8.75. The molecule has 0 heterocycles. The molecule has 0 spiro atoms. The first kappa shape index (κ1) is 20.8. The van der Waals surface area contributed by atoms with Gasteiger partial charge < -0.3 is 25.4 Å². The Bertz CT molecular complexity index is 1060. The number of carbonyl (C=O) groups excluding carboxylic acids is 1. The van der Waals surface area contributed by atoms with Crippen LogP contribution < -0.4 is 5.32 Å². The molecule has 7 heteroatoms. The van der Waals surface area contributed by atoms with Crippen molar-refractivity contribution in [1.82, 2.24) is 5.32 Å². The van der Waals surface area contributed by atoms with E-state index in [2.05, 4.69) is 5.32 Å². The number of halogens is 1. The van der Waals surface area contributed by atoms with Crippen molar-refractivity contribution in [2.45, 2.75) is 18.1 Å². The number of alkyl carbamates (subject to hydrolysis) is 1. The quantitative estimate of drug-likeness (QED) is 0.487. The summed E-state index contributed by atoms with van der Waals surface area (Å²) in [5.74, 6) is -1.55. The van der Waals surface area contributed by atoms with Crippen molar-refractivity contribution in [3.8, 4) is 16.9 Å². The topological polar surface area (TPSA) is 99.0 Å². The number of phenols is 1. The molecule has 4 N–H and O–H groups in total. The van der Waals surface area contributed by atoms with Crippen LogP contribution in [0.2, 0.25) is 0 Å². The molecule has 0 bridgehead atoms. The molecule has 1 aliphatic rings. The van der Waals surface area contributed by atoms with E-state index in [9.17, 15) is 24.5 Å². The summed E-state index contributed by atoms with van der Waals surface area (Å²) in [5.41, 5.74) is 4.54. The van der Waals surface area contributed by atoms with Crippen LogP contribution in [-0.4, -0.2) is 40.7 Å². The van der Waals surface area contributed by atoms with Gasteiger partial charge in [0.2, 0.25) is 0 Å². The minimum absolute atomic E-state index is 0.0872. The Hall–Kier alpha value is -3.42. The molecule has 2 unspecified atom stereocenters. The van der Waals surface area contributed by atoms with E-state index in [1.165, 1.54) is 6.07 Å². The molecule has 3 aromatic rings. The highest BCUT2D eigenvalue weighted by molar-refractivity contribution is 5.79. The highest BCUT2D eigenvalue weighted by Crippen LogP contribution is 2.44. The standard InChI is InChI=1S/C24H22FNO5/c25-20-10-9-14(11-21(20)27)23(29)22(28)12-26-24(30)31-13-19-17-7-3-1-5-15(17)16-6-2-4-8-18(16)19/h1-11,19,22-23,27-29H,12-13H2,(H,26,30). The van der Waals surface area contributed by atoms with Crippen LogP contribution in [0.5, 0.6) is 5.75 Å². The first-order valence-corrected chi connectivity index (χ1v) is 9.89. The number of aromatic hydroxyl groups is 1. The van der Waals surface area contributed by atoms with Crippen LogP contribution >= 0.6 is 0 Å². The van der Waals surface area contributed by atoms with E-state index in [1.54, 1.807) is 0 Å². The Kier molecular flexibility index (Phi) is 5.88. The van der Waals surface area contributed by atoms with Gasteiger partial charge in [-0.15, -0.1) is 0 Å². The summed E-state index contributed by atoms with van der Waals surface area (Å²) in [6, 6.07) is 19.2. The molecule has 1 aliphatic carbocycles. The number of amides is 1.